The number of rotatable bonds is 4. The van der Waals surface area contributed by atoms with Crippen LogP contribution in [0.1, 0.15) is 11.3 Å². The Hall–Kier alpha value is -1.65. The summed E-state index contributed by atoms with van der Waals surface area (Å²) >= 11 is 3.55. The predicted molar refractivity (Wildman–Crippen MR) is 79.9 cm³/mol. The molecule has 3 aromatic rings. The summed E-state index contributed by atoms with van der Waals surface area (Å²) in [5, 5.41) is 3.41. The minimum Gasteiger partial charge on any atom is -0.307 e. The maximum Gasteiger partial charge on any atom is 0.137 e. The summed E-state index contributed by atoms with van der Waals surface area (Å²) in [6.07, 6.45) is 4.07. The monoisotopic (exact) mass is 315 g/mol. The zero-order valence-electron chi connectivity index (χ0n) is 10.4. The number of nitrogens with zero attached hydrogens (tertiary/aromatic N) is 2. The molecule has 0 radical (unpaired) electrons. The quantitative estimate of drug-likeness (QED) is 0.799. The molecule has 0 bridgehead atoms. The summed E-state index contributed by atoms with van der Waals surface area (Å²) in [4.78, 5) is 4.56. The molecule has 0 saturated heterocycles. The van der Waals surface area contributed by atoms with E-state index in [0.717, 1.165) is 28.9 Å². The summed E-state index contributed by atoms with van der Waals surface area (Å²) in [7, 11) is 0. The van der Waals surface area contributed by atoms with Gasteiger partial charge in [-0.3, -0.25) is 0 Å². The number of halogens is 1. The molecule has 0 spiro atoms. The first kappa shape index (κ1) is 12.4. The molecule has 2 aromatic heterocycles. The van der Waals surface area contributed by atoms with Crippen LogP contribution in [0.4, 0.5) is 0 Å². The Bertz CT molecular complexity index is 657. The highest BCUT2D eigenvalue weighted by atomic mass is 79.9. The molecule has 0 amide bonds. The number of nitrogens with one attached hydrogen (secondary N) is 1. The zero-order valence-corrected chi connectivity index (χ0v) is 12.0. The van der Waals surface area contributed by atoms with Gasteiger partial charge in [-0.1, -0.05) is 40.2 Å². The second kappa shape index (κ2) is 5.55. The van der Waals surface area contributed by atoms with Crippen molar-refractivity contribution in [3.8, 4) is 0 Å². The number of aromatic nitrogens is 2. The van der Waals surface area contributed by atoms with Crippen LogP contribution in [0.2, 0.25) is 0 Å². The van der Waals surface area contributed by atoms with Gasteiger partial charge in [0.05, 0.1) is 5.69 Å². The van der Waals surface area contributed by atoms with E-state index in [1.165, 1.54) is 5.56 Å². The fourth-order valence-electron chi connectivity index (χ4n) is 2.04. The third-order valence-corrected chi connectivity index (χ3v) is 3.77. The number of hydrogen-bond donors (Lipinski definition) is 1. The van der Waals surface area contributed by atoms with E-state index in [1.807, 2.05) is 40.9 Å². The lowest BCUT2D eigenvalue weighted by Crippen LogP contribution is -2.13. The van der Waals surface area contributed by atoms with Crippen molar-refractivity contribution in [1.82, 2.24) is 14.7 Å². The van der Waals surface area contributed by atoms with Crippen molar-refractivity contribution < 1.29 is 0 Å². The second-order valence-electron chi connectivity index (χ2n) is 4.39. The minimum atomic E-state index is 0.767. The highest BCUT2D eigenvalue weighted by molar-refractivity contribution is 9.10. The highest BCUT2D eigenvalue weighted by Gasteiger charge is 2.01. The van der Waals surface area contributed by atoms with E-state index in [1.54, 1.807) is 0 Å². The van der Waals surface area contributed by atoms with Crippen LogP contribution in [-0.4, -0.2) is 9.38 Å². The van der Waals surface area contributed by atoms with Gasteiger partial charge >= 0.3 is 0 Å². The van der Waals surface area contributed by atoms with Gasteiger partial charge in [0, 0.05) is 30.0 Å². The molecule has 0 aliphatic carbocycles. The molecule has 3 nitrogen and oxygen atoms in total. The number of hydrogen-bond acceptors (Lipinski definition) is 2. The van der Waals surface area contributed by atoms with Crippen molar-refractivity contribution in [2.75, 3.05) is 0 Å². The predicted octanol–water partition coefficient (Wildman–Crippen LogP) is 3.39. The van der Waals surface area contributed by atoms with E-state index in [0.29, 0.717) is 0 Å². The summed E-state index contributed by atoms with van der Waals surface area (Å²) in [6, 6.07) is 14.3. The van der Waals surface area contributed by atoms with E-state index >= 15 is 0 Å². The van der Waals surface area contributed by atoms with Crippen LogP contribution in [0.25, 0.3) is 5.65 Å². The molecular formula is C15H14BrN3. The molecule has 0 unspecified atom stereocenters. The van der Waals surface area contributed by atoms with Gasteiger partial charge in [-0.15, -0.1) is 0 Å². The number of benzene rings is 1. The van der Waals surface area contributed by atoms with Crippen LogP contribution in [-0.2, 0) is 13.1 Å². The third kappa shape index (κ3) is 2.85. The largest absolute Gasteiger partial charge is 0.307 e. The Morgan fingerprint density at radius 3 is 2.74 bits per heavy atom. The lowest BCUT2D eigenvalue weighted by Gasteiger charge is -2.04. The van der Waals surface area contributed by atoms with Gasteiger partial charge in [0.2, 0.25) is 0 Å². The van der Waals surface area contributed by atoms with Gasteiger partial charge in [0.15, 0.2) is 0 Å². The fraction of sp³-hybridized carbons (Fsp3) is 0.133. The zero-order chi connectivity index (χ0) is 13.1. The molecule has 0 fully saturated rings. The second-order valence-corrected chi connectivity index (χ2v) is 5.25. The van der Waals surface area contributed by atoms with Crippen LogP contribution in [0.5, 0.6) is 0 Å². The molecule has 0 atom stereocenters. The first-order valence-corrected chi connectivity index (χ1v) is 6.99. The molecule has 19 heavy (non-hydrogen) atoms. The van der Waals surface area contributed by atoms with Crippen molar-refractivity contribution in [1.29, 1.82) is 0 Å². The van der Waals surface area contributed by atoms with E-state index in [4.69, 9.17) is 0 Å². The molecule has 4 heteroatoms. The smallest absolute Gasteiger partial charge is 0.137 e. The van der Waals surface area contributed by atoms with Crippen LogP contribution < -0.4 is 5.32 Å². The summed E-state index contributed by atoms with van der Waals surface area (Å²) in [5.41, 5.74) is 3.30. The standard InChI is InChI=1S/C15H14BrN3/c16-14-6-2-1-5-12(14)9-17-10-13-11-19-8-4-3-7-15(19)18-13/h1-8,11,17H,9-10H2. The first-order valence-electron chi connectivity index (χ1n) is 6.20. The summed E-state index contributed by atoms with van der Waals surface area (Å²) in [5.74, 6) is 0. The molecule has 96 valence electrons. The fourth-order valence-corrected chi connectivity index (χ4v) is 2.46. The van der Waals surface area contributed by atoms with E-state index < -0.39 is 0 Å². The van der Waals surface area contributed by atoms with Gasteiger partial charge in [-0.05, 0) is 23.8 Å². The number of pyridine rings is 1. The molecule has 0 saturated carbocycles. The summed E-state index contributed by atoms with van der Waals surface area (Å²) < 4.78 is 3.17. The Morgan fingerprint density at radius 1 is 1.05 bits per heavy atom. The van der Waals surface area contributed by atoms with Gasteiger partial charge in [0.25, 0.3) is 0 Å². The van der Waals surface area contributed by atoms with E-state index in [9.17, 15) is 0 Å². The van der Waals surface area contributed by atoms with Gasteiger partial charge in [-0.2, -0.15) is 0 Å². The molecule has 1 N–H and O–H groups in total. The highest BCUT2D eigenvalue weighted by Crippen LogP contribution is 2.15. The van der Waals surface area contributed by atoms with E-state index in [2.05, 4.69) is 44.6 Å². The molecule has 0 aliphatic heterocycles. The van der Waals surface area contributed by atoms with Crippen LogP contribution in [0.3, 0.4) is 0 Å². The van der Waals surface area contributed by atoms with Gasteiger partial charge in [-0.25, -0.2) is 4.98 Å². The lowest BCUT2D eigenvalue weighted by atomic mass is 10.2. The van der Waals surface area contributed by atoms with Crippen molar-refractivity contribution in [3.63, 3.8) is 0 Å². The van der Waals surface area contributed by atoms with Crippen molar-refractivity contribution >= 4 is 21.6 Å². The maximum atomic E-state index is 4.56. The topological polar surface area (TPSA) is 29.3 Å². The Morgan fingerprint density at radius 2 is 1.89 bits per heavy atom. The minimum absolute atomic E-state index is 0.767. The molecule has 0 aliphatic rings. The molecule has 3 rings (SSSR count). The third-order valence-electron chi connectivity index (χ3n) is 2.99. The van der Waals surface area contributed by atoms with Gasteiger partial charge < -0.3 is 9.72 Å². The molecule has 2 heterocycles. The Labute approximate surface area is 120 Å². The van der Waals surface area contributed by atoms with Crippen LogP contribution in [0, 0.1) is 0 Å². The lowest BCUT2D eigenvalue weighted by molar-refractivity contribution is 0.681. The Kier molecular flexibility index (Phi) is 3.62. The maximum absolute atomic E-state index is 4.56. The summed E-state index contributed by atoms with van der Waals surface area (Å²) in [6.45, 7) is 1.60. The normalized spacial score (nSPS) is 11.0. The SMILES string of the molecule is Brc1ccccc1CNCc1cn2ccccc2n1. The van der Waals surface area contributed by atoms with Crippen molar-refractivity contribution in [3.05, 3.63) is 70.6 Å². The van der Waals surface area contributed by atoms with Crippen LogP contribution in [0.15, 0.2) is 59.3 Å². The van der Waals surface area contributed by atoms with E-state index in [-0.39, 0.29) is 0 Å². The Balaban J connectivity index is 1.65. The number of fused-ring (bicyclic) bond motifs is 1. The molecule has 1 aromatic carbocycles. The van der Waals surface area contributed by atoms with Gasteiger partial charge in [0.1, 0.15) is 5.65 Å². The average Bonchev–Trinajstić information content (AvgIpc) is 2.83. The first-order chi connectivity index (χ1) is 9.33. The van der Waals surface area contributed by atoms with Crippen molar-refractivity contribution in [2.24, 2.45) is 0 Å². The number of imidazole rings is 1. The van der Waals surface area contributed by atoms with Crippen molar-refractivity contribution in [2.45, 2.75) is 13.1 Å². The molecular weight excluding hydrogens is 302 g/mol. The van der Waals surface area contributed by atoms with Crippen LogP contribution >= 0.6 is 15.9 Å². The average molecular weight is 316 g/mol.